The molecule has 1 heterocycles. The summed E-state index contributed by atoms with van der Waals surface area (Å²) < 4.78 is 0. The van der Waals surface area contributed by atoms with Crippen molar-refractivity contribution in [2.24, 2.45) is 0 Å². The van der Waals surface area contributed by atoms with Crippen molar-refractivity contribution in [1.29, 1.82) is 5.26 Å². The Morgan fingerprint density at radius 2 is 2.46 bits per heavy atom. The van der Waals surface area contributed by atoms with E-state index in [0.717, 1.165) is 0 Å². The Hall–Kier alpha value is -2.15. The lowest BCUT2D eigenvalue weighted by Crippen LogP contribution is -2.23. The van der Waals surface area contributed by atoms with Gasteiger partial charge in [0, 0.05) is 12.4 Å². The Labute approximate surface area is 74.8 Å². The Morgan fingerprint density at radius 1 is 1.69 bits per heavy atom. The van der Waals surface area contributed by atoms with Crippen LogP contribution in [0.4, 0.5) is 0 Å². The van der Waals surface area contributed by atoms with Gasteiger partial charge in [-0.3, -0.25) is 4.98 Å². The summed E-state index contributed by atoms with van der Waals surface area (Å²) in [5.41, 5.74) is 0.149. The third kappa shape index (κ3) is 2.42. The molecule has 0 radical (unpaired) electrons. The molecule has 0 bridgehead atoms. The number of hydrogen-bond acceptors (Lipinski definition) is 4. The van der Waals surface area contributed by atoms with Gasteiger partial charge in [0.15, 0.2) is 0 Å². The van der Waals surface area contributed by atoms with Crippen LogP contribution in [0.15, 0.2) is 30.1 Å². The van der Waals surface area contributed by atoms with Gasteiger partial charge in [0.05, 0.1) is 11.5 Å². The molecule has 0 aliphatic rings. The maximum Gasteiger partial charge on any atom is 0.101 e. The number of carboxylic acid groups (broad SMARTS) is 1. The molecule has 1 aromatic rings. The van der Waals surface area contributed by atoms with E-state index in [0.29, 0.717) is 5.56 Å². The molecule has 0 saturated carbocycles. The molecule has 0 amide bonds. The van der Waals surface area contributed by atoms with Gasteiger partial charge in [0.1, 0.15) is 6.07 Å². The average Bonchev–Trinajstić information content (AvgIpc) is 2.15. The second kappa shape index (κ2) is 4.02. The molecule has 0 aliphatic carbocycles. The van der Waals surface area contributed by atoms with Crippen LogP contribution in [0, 0.1) is 11.3 Å². The SMILES string of the molecule is N#C/C(=C\c1cccnc1)C(=O)[O-]. The quantitative estimate of drug-likeness (QED) is 0.456. The van der Waals surface area contributed by atoms with Gasteiger partial charge in [0.25, 0.3) is 0 Å². The van der Waals surface area contributed by atoms with Crippen molar-refractivity contribution < 1.29 is 9.90 Å². The number of hydrogen-bond donors (Lipinski definition) is 0. The van der Waals surface area contributed by atoms with Crippen LogP contribution < -0.4 is 5.11 Å². The first-order valence-electron chi connectivity index (χ1n) is 3.47. The first kappa shape index (κ1) is 8.94. The highest BCUT2D eigenvalue weighted by Gasteiger charge is 1.95. The molecule has 0 fully saturated rings. The minimum atomic E-state index is -1.48. The number of carbonyl (C=O) groups excluding carboxylic acids is 1. The summed E-state index contributed by atoms with van der Waals surface area (Å²) >= 11 is 0. The number of aliphatic carboxylic acids is 1. The lowest BCUT2D eigenvalue weighted by molar-refractivity contribution is -0.298. The normalized spacial score (nSPS) is 10.5. The molecule has 0 aromatic carbocycles. The third-order valence-corrected chi connectivity index (χ3v) is 1.34. The van der Waals surface area contributed by atoms with E-state index in [1.54, 1.807) is 18.3 Å². The number of pyridine rings is 1. The monoisotopic (exact) mass is 173 g/mol. The maximum atomic E-state index is 10.3. The lowest BCUT2D eigenvalue weighted by atomic mass is 10.2. The molecule has 0 N–H and O–H groups in total. The molecule has 13 heavy (non-hydrogen) atoms. The van der Waals surface area contributed by atoms with Crippen molar-refractivity contribution in [2.75, 3.05) is 0 Å². The topological polar surface area (TPSA) is 76.8 Å². The van der Waals surface area contributed by atoms with Crippen LogP contribution in [-0.4, -0.2) is 11.0 Å². The van der Waals surface area contributed by atoms with Gasteiger partial charge in [0.2, 0.25) is 0 Å². The van der Waals surface area contributed by atoms with E-state index in [-0.39, 0.29) is 0 Å². The van der Waals surface area contributed by atoms with Crippen LogP contribution in [0.1, 0.15) is 5.56 Å². The molecule has 4 nitrogen and oxygen atoms in total. The largest absolute Gasteiger partial charge is 0.544 e. The standard InChI is InChI=1S/C9H6N2O2/c10-5-8(9(12)13)4-7-2-1-3-11-6-7/h1-4,6H,(H,12,13)/p-1/b8-4+. The smallest absolute Gasteiger partial charge is 0.101 e. The van der Waals surface area contributed by atoms with Crippen molar-refractivity contribution in [3.05, 3.63) is 35.7 Å². The average molecular weight is 173 g/mol. The van der Waals surface area contributed by atoms with Crippen molar-refractivity contribution >= 4 is 12.0 Å². The highest BCUT2D eigenvalue weighted by molar-refractivity contribution is 5.94. The Kier molecular flexibility index (Phi) is 2.77. The van der Waals surface area contributed by atoms with Crippen molar-refractivity contribution in [3.8, 4) is 6.07 Å². The highest BCUT2D eigenvalue weighted by Crippen LogP contribution is 2.03. The fourth-order valence-corrected chi connectivity index (χ4v) is 0.765. The van der Waals surface area contributed by atoms with Gasteiger partial charge in [-0.2, -0.15) is 5.26 Å². The fraction of sp³-hybridized carbons (Fsp3) is 0. The molecule has 0 atom stereocenters. The maximum absolute atomic E-state index is 10.3. The number of carboxylic acids is 1. The van der Waals surface area contributed by atoms with E-state index >= 15 is 0 Å². The number of aromatic nitrogens is 1. The molecular formula is C9H5N2O2-. The summed E-state index contributed by atoms with van der Waals surface area (Å²) in [4.78, 5) is 14.1. The molecule has 0 saturated heterocycles. The molecule has 0 unspecified atom stereocenters. The zero-order valence-electron chi connectivity index (χ0n) is 6.60. The Balaban J connectivity index is 3.01. The molecule has 1 rings (SSSR count). The van der Waals surface area contributed by atoms with Crippen molar-refractivity contribution in [2.45, 2.75) is 0 Å². The minimum absolute atomic E-state index is 0.409. The second-order valence-corrected chi connectivity index (χ2v) is 2.24. The van der Waals surface area contributed by atoms with E-state index in [1.807, 2.05) is 0 Å². The summed E-state index contributed by atoms with van der Waals surface area (Å²) in [7, 11) is 0. The first-order valence-corrected chi connectivity index (χ1v) is 3.47. The molecule has 0 spiro atoms. The number of rotatable bonds is 2. The predicted molar refractivity (Wildman–Crippen MR) is 42.8 cm³/mol. The van der Waals surface area contributed by atoms with E-state index in [2.05, 4.69) is 4.98 Å². The molecule has 4 heteroatoms. The number of carbonyl (C=O) groups is 1. The minimum Gasteiger partial charge on any atom is -0.544 e. The zero-order valence-corrected chi connectivity index (χ0v) is 6.60. The number of nitriles is 1. The van der Waals surface area contributed by atoms with Crippen molar-refractivity contribution in [1.82, 2.24) is 4.98 Å². The van der Waals surface area contributed by atoms with E-state index in [9.17, 15) is 9.90 Å². The van der Waals surface area contributed by atoms with E-state index < -0.39 is 11.5 Å². The van der Waals surface area contributed by atoms with Crippen LogP contribution in [-0.2, 0) is 4.79 Å². The second-order valence-electron chi connectivity index (χ2n) is 2.24. The van der Waals surface area contributed by atoms with Crippen LogP contribution in [0.2, 0.25) is 0 Å². The molecule has 0 aliphatic heterocycles. The molecule has 64 valence electrons. The third-order valence-electron chi connectivity index (χ3n) is 1.34. The summed E-state index contributed by atoms with van der Waals surface area (Å²) in [6.07, 6.45) is 4.23. The summed E-state index contributed by atoms with van der Waals surface area (Å²) in [5, 5.41) is 18.7. The van der Waals surface area contributed by atoms with Gasteiger partial charge < -0.3 is 9.90 Å². The van der Waals surface area contributed by atoms with Crippen LogP contribution >= 0.6 is 0 Å². The summed E-state index contributed by atoms with van der Waals surface area (Å²) in [6, 6.07) is 4.82. The first-order chi connectivity index (χ1) is 6.24. The predicted octanol–water partition coefficient (Wildman–Crippen LogP) is -0.262. The number of nitrogens with zero attached hydrogens (tertiary/aromatic N) is 2. The van der Waals surface area contributed by atoms with Crippen LogP contribution in [0.3, 0.4) is 0 Å². The molecule has 1 aromatic heterocycles. The van der Waals surface area contributed by atoms with Gasteiger partial charge in [-0.25, -0.2) is 0 Å². The van der Waals surface area contributed by atoms with Gasteiger partial charge in [-0.1, -0.05) is 6.07 Å². The van der Waals surface area contributed by atoms with Crippen LogP contribution in [0.5, 0.6) is 0 Å². The Morgan fingerprint density at radius 3 is 2.92 bits per heavy atom. The molecular weight excluding hydrogens is 168 g/mol. The summed E-state index contributed by atoms with van der Waals surface area (Å²) in [5.74, 6) is -1.48. The van der Waals surface area contributed by atoms with Gasteiger partial charge in [-0.15, -0.1) is 0 Å². The van der Waals surface area contributed by atoms with Crippen molar-refractivity contribution in [3.63, 3.8) is 0 Å². The zero-order chi connectivity index (χ0) is 9.68. The summed E-state index contributed by atoms with van der Waals surface area (Å²) in [6.45, 7) is 0. The van der Waals surface area contributed by atoms with E-state index in [4.69, 9.17) is 5.26 Å². The Bertz CT molecular complexity index is 376. The van der Waals surface area contributed by atoms with Crippen LogP contribution in [0.25, 0.3) is 6.08 Å². The highest BCUT2D eigenvalue weighted by atomic mass is 16.4. The van der Waals surface area contributed by atoms with Gasteiger partial charge in [-0.05, 0) is 17.7 Å². The van der Waals surface area contributed by atoms with Gasteiger partial charge >= 0.3 is 0 Å². The fourth-order valence-electron chi connectivity index (χ4n) is 0.765. The lowest BCUT2D eigenvalue weighted by Gasteiger charge is -1.97. The van der Waals surface area contributed by atoms with E-state index in [1.165, 1.54) is 18.3 Å².